The van der Waals surface area contributed by atoms with E-state index in [1.54, 1.807) is 0 Å². The van der Waals surface area contributed by atoms with Crippen LogP contribution in [0.4, 0.5) is 0 Å². The quantitative estimate of drug-likeness (QED) is 0.678. The molecular formula is C11H9N2. The number of fused-ring (bicyclic) bond motifs is 1. The zero-order chi connectivity index (χ0) is 9.10. The molecule has 2 heteroatoms. The minimum Gasteiger partial charge on any atom is -0.346 e. The van der Waals surface area contributed by atoms with E-state index in [0.29, 0.717) is 6.42 Å². The fourth-order valence-corrected chi connectivity index (χ4v) is 1.42. The molecule has 0 saturated heterocycles. The van der Waals surface area contributed by atoms with E-state index in [1.807, 2.05) is 30.5 Å². The number of rotatable bonds is 2. The lowest BCUT2D eigenvalue weighted by Crippen LogP contribution is -1.93. The van der Waals surface area contributed by atoms with Gasteiger partial charge in [-0.3, -0.25) is 0 Å². The summed E-state index contributed by atoms with van der Waals surface area (Å²) in [6.45, 7) is 0.751. The molecular weight excluding hydrogens is 160 g/mol. The summed E-state index contributed by atoms with van der Waals surface area (Å²) in [5.41, 5.74) is 1.15. The Morgan fingerprint density at radius 2 is 2.23 bits per heavy atom. The molecule has 0 unspecified atom stereocenters. The Labute approximate surface area is 77.0 Å². The molecule has 1 aromatic heterocycles. The van der Waals surface area contributed by atoms with E-state index in [2.05, 4.69) is 16.7 Å². The minimum absolute atomic E-state index is 0.548. The Hall–Kier alpha value is -1.75. The SMILES string of the molecule is N#CCCn1c[c]c2ccccc21. The predicted molar refractivity (Wildman–Crippen MR) is 51.0 cm³/mol. The molecule has 0 bridgehead atoms. The first-order valence-electron chi connectivity index (χ1n) is 4.24. The number of hydrogen-bond acceptors (Lipinski definition) is 1. The average molecular weight is 169 g/mol. The Balaban J connectivity index is 2.41. The normalized spacial score (nSPS) is 10.1. The molecule has 2 aromatic rings. The number of para-hydroxylation sites is 1. The van der Waals surface area contributed by atoms with Crippen molar-refractivity contribution in [2.45, 2.75) is 13.0 Å². The summed E-state index contributed by atoms with van der Waals surface area (Å²) in [6, 6.07) is 13.3. The standard InChI is InChI=1S/C11H9N2/c12-7-3-8-13-9-6-10-4-1-2-5-11(10)13/h1-2,4-5,9H,3,8H2. The average Bonchev–Trinajstić information content (AvgIpc) is 2.58. The van der Waals surface area contributed by atoms with E-state index < -0.39 is 0 Å². The van der Waals surface area contributed by atoms with Crippen molar-refractivity contribution < 1.29 is 0 Å². The lowest BCUT2D eigenvalue weighted by atomic mass is 10.2. The first-order chi connectivity index (χ1) is 6.42. The number of hydrogen-bond donors (Lipinski definition) is 0. The molecule has 2 rings (SSSR count). The molecule has 1 heterocycles. The highest BCUT2D eigenvalue weighted by Crippen LogP contribution is 2.14. The van der Waals surface area contributed by atoms with E-state index >= 15 is 0 Å². The van der Waals surface area contributed by atoms with E-state index in [0.717, 1.165) is 17.4 Å². The second kappa shape index (κ2) is 3.32. The highest BCUT2D eigenvalue weighted by molar-refractivity contribution is 5.79. The minimum atomic E-state index is 0.548. The van der Waals surface area contributed by atoms with Crippen LogP contribution in [-0.2, 0) is 6.54 Å². The van der Waals surface area contributed by atoms with Gasteiger partial charge in [-0.2, -0.15) is 5.26 Å². The van der Waals surface area contributed by atoms with Crippen LogP contribution < -0.4 is 0 Å². The van der Waals surface area contributed by atoms with Crippen molar-refractivity contribution in [2.75, 3.05) is 0 Å². The lowest BCUT2D eigenvalue weighted by Gasteiger charge is -2.00. The molecule has 63 valence electrons. The molecule has 0 N–H and O–H groups in total. The summed E-state index contributed by atoms with van der Waals surface area (Å²) in [4.78, 5) is 0. The van der Waals surface area contributed by atoms with Crippen molar-refractivity contribution in [1.82, 2.24) is 4.57 Å². The smallest absolute Gasteiger partial charge is 0.0640 e. The van der Waals surface area contributed by atoms with E-state index in [9.17, 15) is 0 Å². The molecule has 0 saturated carbocycles. The van der Waals surface area contributed by atoms with Crippen LogP contribution in [0.5, 0.6) is 0 Å². The van der Waals surface area contributed by atoms with Crippen LogP contribution in [0.2, 0.25) is 0 Å². The van der Waals surface area contributed by atoms with E-state index in [1.165, 1.54) is 0 Å². The fraction of sp³-hybridized carbons (Fsp3) is 0.182. The molecule has 0 atom stereocenters. The highest BCUT2D eigenvalue weighted by Gasteiger charge is 1.98. The Morgan fingerprint density at radius 3 is 3.08 bits per heavy atom. The van der Waals surface area contributed by atoms with Gasteiger partial charge < -0.3 is 4.57 Å². The monoisotopic (exact) mass is 169 g/mol. The summed E-state index contributed by atoms with van der Waals surface area (Å²) >= 11 is 0. The predicted octanol–water partition coefficient (Wildman–Crippen LogP) is 2.36. The van der Waals surface area contributed by atoms with Crippen molar-refractivity contribution in [3.8, 4) is 6.07 Å². The molecule has 0 aliphatic rings. The molecule has 0 amide bonds. The maximum atomic E-state index is 8.46. The maximum Gasteiger partial charge on any atom is 0.0640 e. The zero-order valence-corrected chi connectivity index (χ0v) is 7.20. The second-order valence-corrected chi connectivity index (χ2v) is 2.89. The van der Waals surface area contributed by atoms with Crippen LogP contribution >= 0.6 is 0 Å². The van der Waals surface area contributed by atoms with Gasteiger partial charge in [-0.05, 0) is 6.07 Å². The van der Waals surface area contributed by atoms with Gasteiger partial charge in [0.1, 0.15) is 0 Å². The maximum absolute atomic E-state index is 8.46. The van der Waals surface area contributed by atoms with Crippen molar-refractivity contribution >= 4 is 10.9 Å². The van der Waals surface area contributed by atoms with Crippen LogP contribution in [-0.4, -0.2) is 4.57 Å². The van der Waals surface area contributed by atoms with Crippen molar-refractivity contribution in [1.29, 1.82) is 5.26 Å². The number of aryl methyl sites for hydroxylation is 1. The van der Waals surface area contributed by atoms with Crippen LogP contribution in [0.25, 0.3) is 10.9 Å². The lowest BCUT2D eigenvalue weighted by molar-refractivity contribution is 0.744. The summed E-state index contributed by atoms with van der Waals surface area (Å²) in [6.07, 6.45) is 2.45. The molecule has 13 heavy (non-hydrogen) atoms. The molecule has 0 aliphatic heterocycles. The fourth-order valence-electron chi connectivity index (χ4n) is 1.42. The highest BCUT2D eigenvalue weighted by atomic mass is 14.9. The van der Waals surface area contributed by atoms with Crippen LogP contribution in [0.15, 0.2) is 30.5 Å². The second-order valence-electron chi connectivity index (χ2n) is 2.89. The largest absolute Gasteiger partial charge is 0.346 e. The van der Waals surface area contributed by atoms with Gasteiger partial charge in [0.15, 0.2) is 0 Å². The van der Waals surface area contributed by atoms with Crippen molar-refractivity contribution in [3.05, 3.63) is 36.5 Å². The van der Waals surface area contributed by atoms with Gasteiger partial charge in [-0.25, -0.2) is 0 Å². The Kier molecular flexibility index (Phi) is 2.01. The van der Waals surface area contributed by atoms with Crippen LogP contribution in [0, 0.1) is 17.4 Å². The van der Waals surface area contributed by atoms with Gasteiger partial charge in [0.2, 0.25) is 0 Å². The van der Waals surface area contributed by atoms with Gasteiger partial charge in [0, 0.05) is 29.7 Å². The molecule has 2 nitrogen and oxygen atoms in total. The summed E-state index contributed by atoms with van der Waals surface area (Å²) in [5, 5.41) is 9.58. The third kappa shape index (κ3) is 1.41. The van der Waals surface area contributed by atoms with Crippen molar-refractivity contribution in [2.24, 2.45) is 0 Å². The molecule has 0 spiro atoms. The van der Waals surface area contributed by atoms with Crippen LogP contribution in [0.3, 0.4) is 0 Å². The summed E-state index contributed by atoms with van der Waals surface area (Å²) < 4.78 is 2.05. The molecule has 0 fully saturated rings. The van der Waals surface area contributed by atoms with Gasteiger partial charge in [0.05, 0.1) is 12.5 Å². The third-order valence-corrected chi connectivity index (χ3v) is 2.05. The van der Waals surface area contributed by atoms with Gasteiger partial charge in [-0.1, -0.05) is 18.2 Å². The first kappa shape index (κ1) is 7.88. The van der Waals surface area contributed by atoms with Crippen molar-refractivity contribution in [3.63, 3.8) is 0 Å². The number of nitriles is 1. The third-order valence-electron chi connectivity index (χ3n) is 2.05. The number of benzene rings is 1. The summed E-state index contributed by atoms with van der Waals surface area (Å²) in [5.74, 6) is 0. The number of aromatic nitrogens is 1. The zero-order valence-electron chi connectivity index (χ0n) is 7.20. The molecule has 0 aliphatic carbocycles. The van der Waals surface area contributed by atoms with Gasteiger partial charge in [0.25, 0.3) is 0 Å². The Bertz CT molecular complexity index is 448. The van der Waals surface area contributed by atoms with Gasteiger partial charge in [-0.15, -0.1) is 0 Å². The van der Waals surface area contributed by atoms with E-state index in [-0.39, 0.29) is 0 Å². The number of nitrogens with zero attached hydrogens (tertiary/aromatic N) is 2. The van der Waals surface area contributed by atoms with E-state index in [4.69, 9.17) is 5.26 Å². The first-order valence-corrected chi connectivity index (χ1v) is 4.24. The molecule has 1 aromatic carbocycles. The summed E-state index contributed by atoms with van der Waals surface area (Å²) in [7, 11) is 0. The van der Waals surface area contributed by atoms with Gasteiger partial charge >= 0.3 is 0 Å². The molecule has 1 radical (unpaired) electrons. The topological polar surface area (TPSA) is 28.7 Å². The Morgan fingerprint density at radius 1 is 1.38 bits per heavy atom. The van der Waals surface area contributed by atoms with Crippen LogP contribution in [0.1, 0.15) is 6.42 Å².